The van der Waals surface area contributed by atoms with Crippen LogP contribution >= 0.6 is 0 Å². The monoisotopic (exact) mass is 536 g/mol. The third-order valence-electron chi connectivity index (χ3n) is 6.65. The number of ether oxygens (including phenoxy) is 3. The molecule has 0 spiro atoms. The average molecular weight is 537 g/mol. The third kappa shape index (κ3) is 6.41. The number of methoxy groups -OCH3 is 1. The summed E-state index contributed by atoms with van der Waals surface area (Å²) < 4.78 is 47.2. The van der Waals surface area contributed by atoms with Gasteiger partial charge in [-0.25, -0.2) is 4.98 Å². The van der Waals surface area contributed by atoms with Gasteiger partial charge in [-0.1, -0.05) is 0 Å². The molecule has 4 rings (SSSR count). The van der Waals surface area contributed by atoms with Gasteiger partial charge in [-0.3, -0.25) is 9.59 Å². The normalized spacial score (nSPS) is 18.1. The van der Waals surface area contributed by atoms with Crippen LogP contribution in [-0.2, 0) is 9.53 Å². The zero-order chi connectivity index (χ0) is 27.4. The number of hydrogen-bond donors (Lipinski definition) is 1. The Morgan fingerprint density at radius 3 is 2.68 bits per heavy atom. The van der Waals surface area contributed by atoms with E-state index >= 15 is 0 Å². The topological polar surface area (TPSA) is 120 Å². The molecule has 1 aromatic heterocycles. The van der Waals surface area contributed by atoms with E-state index in [9.17, 15) is 18.4 Å². The number of likely N-dealkylation sites (tertiary alicyclic amines) is 1. The molecule has 2 atom stereocenters. The summed E-state index contributed by atoms with van der Waals surface area (Å²) >= 11 is 0. The number of carbonyl (C=O) groups excluding carboxylic acids is 2. The Morgan fingerprint density at radius 1 is 1.26 bits per heavy atom. The van der Waals surface area contributed by atoms with E-state index in [-0.39, 0.29) is 34.8 Å². The second-order valence-corrected chi connectivity index (χ2v) is 9.72. The first-order chi connectivity index (χ1) is 18.2. The quantitative estimate of drug-likeness (QED) is 0.438. The van der Waals surface area contributed by atoms with Crippen LogP contribution in [0.25, 0.3) is 11.5 Å². The summed E-state index contributed by atoms with van der Waals surface area (Å²) in [5.74, 6) is 0.0441. The first kappa shape index (κ1) is 27.8. The Bertz CT molecular complexity index is 1140. The highest BCUT2D eigenvalue weighted by molar-refractivity contribution is 5.97. The zero-order valence-corrected chi connectivity index (χ0v) is 21.8. The summed E-state index contributed by atoms with van der Waals surface area (Å²) in [4.78, 5) is 34.1. The molecule has 0 bridgehead atoms. The van der Waals surface area contributed by atoms with Crippen LogP contribution in [0.5, 0.6) is 11.5 Å². The maximum Gasteiger partial charge on any atom is 0.387 e. The summed E-state index contributed by atoms with van der Waals surface area (Å²) in [5.41, 5.74) is 6.54. The second kappa shape index (κ2) is 12.1. The predicted octanol–water partition coefficient (Wildman–Crippen LogP) is 3.46. The lowest BCUT2D eigenvalue weighted by Gasteiger charge is -2.27. The predicted molar refractivity (Wildman–Crippen MR) is 133 cm³/mol. The van der Waals surface area contributed by atoms with Crippen LogP contribution in [0.15, 0.2) is 22.6 Å². The molecule has 208 valence electrons. The smallest absolute Gasteiger partial charge is 0.387 e. The largest absolute Gasteiger partial charge is 0.489 e. The van der Waals surface area contributed by atoms with Gasteiger partial charge >= 0.3 is 6.61 Å². The number of alkyl halides is 2. The molecule has 2 fully saturated rings. The molecule has 1 aromatic carbocycles. The number of benzene rings is 1. The van der Waals surface area contributed by atoms with Crippen molar-refractivity contribution in [1.29, 1.82) is 0 Å². The summed E-state index contributed by atoms with van der Waals surface area (Å²) in [6.45, 7) is 0.223. The minimum absolute atomic E-state index is 0.0163. The number of oxazole rings is 1. The summed E-state index contributed by atoms with van der Waals surface area (Å²) in [6, 6.07) is 3.06. The van der Waals surface area contributed by atoms with E-state index in [4.69, 9.17) is 19.6 Å². The highest BCUT2D eigenvalue weighted by atomic mass is 19.3. The molecule has 2 N–H and O–H groups in total. The number of nitrogens with two attached hydrogens (primary N) is 1. The van der Waals surface area contributed by atoms with Crippen molar-refractivity contribution in [3.63, 3.8) is 0 Å². The number of aromatic nitrogens is 1. The van der Waals surface area contributed by atoms with Crippen molar-refractivity contribution in [2.75, 3.05) is 40.5 Å². The average Bonchev–Trinajstić information content (AvgIpc) is 3.39. The van der Waals surface area contributed by atoms with Crippen molar-refractivity contribution in [3.05, 3.63) is 29.7 Å². The molecule has 1 saturated carbocycles. The lowest BCUT2D eigenvalue weighted by molar-refractivity contribution is -0.134. The molecular weight excluding hydrogens is 502 g/mol. The lowest BCUT2D eigenvalue weighted by atomic mass is 10.1. The number of rotatable bonds is 12. The minimum atomic E-state index is -3.01. The molecule has 1 aliphatic heterocycles. The van der Waals surface area contributed by atoms with Crippen molar-refractivity contribution in [1.82, 2.24) is 14.8 Å². The summed E-state index contributed by atoms with van der Waals surface area (Å²) in [5, 5.41) is 0. The van der Waals surface area contributed by atoms with E-state index in [0.29, 0.717) is 50.6 Å². The van der Waals surface area contributed by atoms with Crippen LogP contribution in [0.2, 0.25) is 0 Å². The molecule has 2 aliphatic rings. The van der Waals surface area contributed by atoms with E-state index in [1.165, 1.54) is 23.1 Å². The minimum Gasteiger partial charge on any atom is -0.489 e. The van der Waals surface area contributed by atoms with E-state index in [1.807, 2.05) is 0 Å². The van der Waals surface area contributed by atoms with Gasteiger partial charge in [0.25, 0.3) is 5.91 Å². The van der Waals surface area contributed by atoms with Gasteiger partial charge in [0.15, 0.2) is 23.0 Å². The van der Waals surface area contributed by atoms with Gasteiger partial charge in [0.05, 0.1) is 19.3 Å². The van der Waals surface area contributed by atoms with Gasteiger partial charge in [0, 0.05) is 32.8 Å². The molecule has 1 saturated heterocycles. The number of amides is 2. The molecule has 38 heavy (non-hydrogen) atoms. The van der Waals surface area contributed by atoms with Gasteiger partial charge in [0.2, 0.25) is 11.8 Å². The van der Waals surface area contributed by atoms with Crippen LogP contribution in [-0.4, -0.2) is 79.7 Å². The second-order valence-electron chi connectivity index (χ2n) is 9.72. The van der Waals surface area contributed by atoms with E-state index in [1.54, 1.807) is 26.0 Å². The Labute approximate surface area is 220 Å². The highest BCUT2D eigenvalue weighted by Crippen LogP contribution is 2.37. The van der Waals surface area contributed by atoms with Crippen LogP contribution in [0.4, 0.5) is 8.78 Å². The van der Waals surface area contributed by atoms with Crippen LogP contribution < -0.4 is 15.2 Å². The van der Waals surface area contributed by atoms with Gasteiger partial charge in [-0.2, -0.15) is 8.78 Å². The summed E-state index contributed by atoms with van der Waals surface area (Å²) in [6.07, 6.45) is 3.25. The maximum atomic E-state index is 13.6. The fourth-order valence-electron chi connectivity index (χ4n) is 4.35. The molecular formula is C26H34F2N4O6. The van der Waals surface area contributed by atoms with Gasteiger partial charge in [0.1, 0.15) is 6.04 Å². The van der Waals surface area contributed by atoms with Crippen LogP contribution in [0.3, 0.4) is 0 Å². The highest BCUT2D eigenvalue weighted by Gasteiger charge is 2.38. The van der Waals surface area contributed by atoms with Crippen molar-refractivity contribution >= 4 is 11.8 Å². The SMILES string of the molecule is COCCN(C)C(=O)[C@@H]1CCCN1C(=O)c1nc(-c2ccc(OC(F)F)c(OCC3CC3)c2)oc1[C@H](C)N. The molecule has 1 aliphatic carbocycles. The standard InChI is InChI=1S/C26H34F2N4O6/c1-15(29)22-21(25(34)32-10-4-5-18(32)24(33)31(2)11-12-35-3)30-23(38-22)17-8-9-19(37-26(27)28)20(13-17)36-14-16-6-7-16/h8-9,13,15-16,18,26H,4-7,10-12,14,29H2,1-3H3/t15-,18-/m0/s1. The Balaban J connectivity index is 1.61. The summed E-state index contributed by atoms with van der Waals surface area (Å²) in [7, 11) is 3.23. The molecule has 12 heteroatoms. The Kier molecular flexibility index (Phi) is 8.83. The van der Waals surface area contributed by atoms with Crippen LogP contribution in [0.1, 0.15) is 54.9 Å². The van der Waals surface area contributed by atoms with E-state index in [2.05, 4.69) is 9.72 Å². The van der Waals surface area contributed by atoms with Crippen LogP contribution in [0, 0.1) is 5.92 Å². The number of likely N-dealkylation sites (N-methyl/N-ethyl adjacent to an activating group) is 1. The van der Waals surface area contributed by atoms with E-state index in [0.717, 1.165) is 12.8 Å². The number of carbonyl (C=O) groups is 2. The van der Waals surface area contributed by atoms with Gasteiger partial charge in [-0.05, 0) is 56.7 Å². The fraction of sp³-hybridized carbons (Fsp3) is 0.577. The first-order valence-electron chi connectivity index (χ1n) is 12.7. The third-order valence-corrected chi connectivity index (χ3v) is 6.65. The van der Waals surface area contributed by atoms with Crippen molar-refractivity contribution in [2.45, 2.75) is 51.3 Å². The fourth-order valence-corrected chi connectivity index (χ4v) is 4.35. The number of halogens is 2. The molecule has 0 radical (unpaired) electrons. The molecule has 0 unspecified atom stereocenters. The lowest BCUT2D eigenvalue weighted by Crippen LogP contribution is -2.47. The maximum absolute atomic E-state index is 13.6. The van der Waals surface area contributed by atoms with Crippen molar-refractivity contribution in [3.8, 4) is 23.0 Å². The first-order valence-corrected chi connectivity index (χ1v) is 12.7. The van der Waals surface area contributed by atoms with Gasteiger partial charge < -0.3 is 34.2 Å². The number of nitrogens with zero attached hydrogens (tertiary/aromatic N) is 3. The Morgan fingerprint density at radius 2 is 2.03 bits per heavy atom. The molecule has 2 amide bonds. The molecule has 2 heterocycles. The van der Waals surface area contributed by atoms with E-state index < -0.39 is 24.6 Å². The Hall–Kier alpha value is -3.25. The van der Waals surface area contributed by atoms with Crippen molar-refractivity contribution in [2.24, 2.45) is 11.7 Å². The molecule has 2 aromatic rings. The number of hydrogen-bond acceptors (Lipinski definition) is 8. The molecule has 10 nitrogen and oxygen atoms in total. The van der Waals surface area contributed by atoms with Gasteiger partial charge in [-0.15, -0.1) is 0 Å². The van der Waals surface area contributed by atoms with Crippen molar-refractivity contribution < 1.29 is 37.0 Å². The zero-order valence-electron chi connectivity index (χ0n) is 21.8.